The Kier molecular flexibility index (Phi) is 1.89. The molecule has 0 saturated carbocycles. The summed E-state index contributed by atoms with van der Waals surface area (Å²) in [6.45, 7) is 0. The predicted molar refractivity (Wildman–Crippen MR) is 33.7 cm³/mol. The molecule has 0 bridgehead atoms. The van der Waals surface area contributed by atoms with Gasteiger partial charge in [-0.2, -0.15) is 13.2 Å². The quantitative estimate of drug-likeness (QED) is 0.518. The van der Waals surface area contributed by atoms with Crippen molar-refractivity contribution in [1.82, 2.24) is 0 Å². The minimum Gasteiger partial charge on any atom is -0.162 e. The normalized spacial score (nSPS) is 11.5. The summed E-state index contributed by atoms with van der Waals surface area (Å²) in [5.74, 6) is 0. The molecule has 0 N–H and O–H groups in total. The first-order valence-electron chi connectivity index (χ1n) is 2.55. The van der Waals surface area contributed by atoms with Crippen molar-refractivity contribution in [3.63, 3.8) is 0 Å². The van der Waals surface area contributed by atoms with E-state index in [0.29, 0.717) is 11.3 Å². The number of alkyl halides is 3. The van der Waals surface area contributed by atoms with Gasteiger partial charge in [0.25, 0.3) is 0 Å². The van der Waals surface area contributed by atoms with E-state index in [2.05, 4.69) is 0 Å². The van der Waals surface area contributed by atoms with Gasteiger partial charge in [0.2, 0.25) is 11.3 Å². The van der Waals surface area contributed by atoms with Crippen LogP contribution in [-0.4, -0.2) is 0 Å². The van der Waals surface area contributed by atoms with Gasteiger partial charge in [0.05, 0.1) is 0 Å². The summed E-state index contributed by atoms with van der Waals surface area (Å²) in [4.78, 5) is -0.560. The minimum atomic E-state index is -4.19. The Morgan fingerprint density at radius 2 is 1.90 bits per heavy atom. The smallest absolute Gasteiger partial charge is 0.162 e. The monoisotopic (exact) mass is 165 g/mol. The lowest BCUT2D eigenvalue weighted by Gasteiger charge is -1.94. The van der Waals surface area contributed by atoms with Crippen molar-refractivity contribution < 1.29 is 13.2 Å². The largest absolute Gasteiger partial charge is 0.471 e. The zero-order valence-electron chi connectivity index (χ0n) is 4.85. The third-order valence-electron chi connectivity index (χ3n) is 0.912. The molecule has 0 fully saturated rings. The Labute approximate surface area is 59.9 Å². The Morgan fingerprint density at radius 3 is 2.20 bits per heavy atom. The Bertz CT molecular complexity index is 204. The van der Waals surface area contributed by atoms with Crippen molar-refractivity contribution in [2.45, 2.75) is 6.18 Å². The van der Waals surface area contributed by atoms with E-state index in [9.17, 15) is 13.2 Å². The van der Waals surface area contributed by atoms with Gasteiger partial charge in [0.1, 0.15) is 0 Å². The fraction of sp³-hybridized carbons (Fsp3) is 0.167. The van der Waals surface area contributed by atoms with Gasteiger partial charge in [0, 0.05) is 6.07 Å². The molecule has 1 aromatic rings. The van der Waals surface area contributed by atoms with Crippen molar-refractivity contribution in [3.8, 4) is 0 Å². The van der Waals surface area contributed by atoms with Crippen LogP contribution in [0, 0.1) is 0 Å². The third-order valence-corrected chi connectivity index (χ3v) is 1.83. The standard InChI is InChI=1S/C6H4F3S/c7-6(8,9)5-3-1-2-4-10-5/h1-4H/q+1. The predicted octanol–water partition coefficient (Wildman–Crippen LogP) is 3.05. The molecule has 0 unspecified atom stereocenters. The van der Waals surface area contributed by atoms with E-state index in [1.165, 1.54) is 11.4 Å². The Morgan fingerprint density at radius 1 is 1.20 bits per heavy atom. The van der Waals surface area contributed by atoms with Gasteiger partial charge in [-0.15, -0.1) is 0 Å². The van der Waals surface area contributed by atoms with Crippen molar-refractivity contribution in [1.29, 1.82) is 0 Å². The molecule has 0 aliphatic rings. The second kappa shape index (κ2) is 2.54. The van der Waals surface area contributed by atoms with E-state index in [1.54, 1.807) is 6.07 Å². The highest BCUT2D eigenvalue weighted by Crippen LogP contribution is 2.31. The van der Waals surface area contributed by atoms with Gasteiger partial charge in [-0.05, 0) is 6.07 Å². The zero-order chi connectivity index (χ0) is 7.61. The van der Waals surface area contributed by atoms with Crippen LogP contribution >= 0.6 is 11.3 Å². The number of hydrogen-bond acceptors (Lipinski definition) is 0. The highest BCUT2D eigenvalue weighted by molar-refractivity contribution is 7.09. The highest BCUT2D eigenvalue weighted by Gasteiger charge is 2.39. The molecule has 1 rings (SSSR count). The minimum absolute atomic E-state index is 0.560. The van der Waals surface area contributed by atoms with Crippen LogP contribution < -0.4 is 0 Å². The first-order chi connectivity index (χ1) is 4.61. The summed E-state index contributed by atoms with van der Waals surface area (Å²) in [5, 5.41) is 1.41. The molecule has 0 saturated heterocycles. The topological polar surface area (TPSA) is 0 Å². The second-order valence-corrected chi connectivity index (χ2v) is 2.62. The Balaban J connectivity index is 2.97. The molecular formula is C6H4F3S+. The molecule has 54 valence electrons. The summed E-state index contributed by atoms with van der Waals surface area (Å²) < 4.78 is 35.4. The molecule has 0 amide bonds. The summed E-state index contributed by atoms with van der Waals surface area (Å²) in [6.07, 6.45) is -4.19. The van der Waals surface area contributed by atoms with Crippen LogP contribution in [0.3, 0.4) is 0 Å². The summed E-state index contributed by atoms with van der Waals surface area (Å²) in [6, 6.07) is 4.00. The van der Waals surface area contributed by atoms with Crippen LogP contribution in [0.1, 0.15) is 4.88 Å². The molecular weight excluding hydrogens is 161 g/mol. The molecule has 0 spiro atoms. The van der Waals surface area contributed by atoms with Gasteiger partial charge < -0.3 is 0 Å². The van der Waals surface area contributed by atoms with E-state index in [1.807, 2.05) is 0 Å². The van der Waals surface area contributed by atoms with Crippen LogP contribution in [0.2, 0.25) is 0 Å². The summed E-state index contributed by atoms with van der Waals surface area (Å²) in [5.41, 5.74) is 0. The van der Waals surface area contributed by atoms with E-state index in [-0.39, 0.29) is 0 Å². The lowest BCUT2D eigenvalue weighted by molar-refractivity contribution is -0.134. The SMILES string of the molecule is FC(F)(F)c1cccc[s+]1. The Hall–Kier alpha value is -0.640. The van der Waals surface area contributed by atoms with Crippen LogP contribution in [0.4, 0.5) is 13.2 Å². The second-order valence-electron chi connectivity index (χ2n) is 1.67. The fourth-order valence-electron chi connectivity index (χ4n) is 0.501. The zero-order valence-corrected chi connectivity index (χ0v) is 5.67. The van der Waals surface area contributed by atoms with Gasteiger partial charge in [-0.3, -0.25) is 0 Å². The summed E-state index contributed by atoms with van der Waals surface area (Å²) in [7, 11) is 0. The average Bonchev–Trinajstić information content (AvgIpc) is 1.88. The molecule has 0 nitrogen and oxygen atoms in total. The fourth-order valence-corrected chi connectivity index (χ4v) is 1.11. The van der Waals surface area contributed by atoms with Gasteiger partial charge in [-0.1, -0.05) is 6.07 Å². The molecule has 4 heteroatoms. The molecule has 0 atom stereocenters. The van der Waals surface area contributed by atoms with Crippen LogP contribution in [0.5, 0.6) is 0 Å². The first-order valence-corrected chi connectivity index (χ1v) is 3.43. The lowest BCUT2D eigenvalue weighted by atomic mass is 10.4. The highest BCUT2D eigenvalue weighted by atomic mass is 32.1. The van der Waals surface area contributed by atoms with Crippen molar-refractivity contribution >= 4 is 11.3 Å². The van der Waals surface area contributed by atoms with Gasteiger partial charge >= 0.3 is 11.1 Å². The molecule has 0 radical (unpaired) electrons. The maximum atomic E-state index is 11.8. The first kappa shape index (κ1) is 7.47. The number of rotatable bonds is 0. The third kappa shape index (κ3) is 1.67. The maximum absolute atomic E-state index is 11.8. The lowest BCUT2D eigenvalue weighted by Crippen LogP contribution is -2.01. The van der Waals surface area contributed by atoms with Gasteiger partial charge in [0.15, 0.2) is 5.38 Å². The van der Waals surface area contributed by atoms with Crippen molar-refractivity contribution in [2.24, 2.45) is 0 Å². The van der Waals surface area contributed by atoms with E-state index in [4.69, 9.17) is 0 Å². The van der Waals surface area contributed by atoms with Crippen molar-refractivity contribution in [3.05, 3.63) is 28.5 Å². The van der Waals surface area contributed by atoms with E-state index in [0.717, 1.165) is 6.07 Å². The molecule has 0 aromatic carbocycles. The summed E-state index contributed by atoms with van der Waals surface area (Å²) >= 11 is 0.694. The van der Waals surface area contributed by atoms with Gasteiger partial charge in [-0.25, -0.2) is 0 Å². The molecule has 0 aliphatic heterocycles. The average molecular weight is 165 g/mol. The number of halogens is 3. The van der Waals surface area contributed by atoms with E-state index < -0.39 is 11.1 Å². The van der Waals surface area contributed by atoms with Crippen LogP contribution in [-0.2, 0) is 6.18 Å². The van der Waals surface area contributed by atoms with Crippen LogP contribution in [0.25, 0.3) is 0 Å². The molecule has 1 heterocycles. The molecule has 1 aromatic heterocycles. The molecule has 10 heavy (non-hydrogen) atoms. The number of hydrogen-bond donors (Lipinski definition) is 0. The molecule has 0 aliphatic carbocycles. The van der Waals surface area contributed by atoms with E-state index >= 15 is 0 Å². The van der Waals surface area contributed by atoms with Crippen molar-refractivity contribution in [2.75, 3.05) is 0 Å². The van der Waals surface area contributed by atoms with Crippen LogP contribution in [0.15, 0.2) is 23.6 Å². The maximum Gasteiger partial charge on any atom is 0.471 e.